The van der Waals surface area contributed by atoms with Crippen molar-refractivity contribution in [2.75, 3.05) is 6.61 Å². The van der Waals surface area contributed by atoms with Gasteiger partial charge in [0.1, 0.15) is 23.9 Å². The van der Waals surface area contributed by atoms with Crippen molar-refractivity contribution in [3.63, 3.8) is 0 Å². The Balaban J connectivity index is 2.12. The van der Waals surface area contributed by atoms with E-state index in [1.165, 1.54) is 12.1 Å². The summed E-state index contributed by atoms with van der Waals surface area (Å²) in [6.07, 6.45) is 0. The van der Waals surface area contributed by atoms with Gasteiger partial charge in [0.05, 0.1) is 0 Å². The van der Waals surface area contributed by atoms with Gasteiger partial charge >= 0.3 is 0 Å². The van der Waals surface area contributed by atoms with Crippen molar-refractivity contribution in [1.82, 2.24) is 0 Å². The number of fused-ring (bicyclic) bond motifs is 1. The van der Waals surface area contributed by atoms with E-state index in [-0.39, 0.29) is 11.6 Å². The van der Waals surface area contributed by atoms with Crippen LogP contribution in [-0.2, 0) is 0 Å². The molecule has 3 heteroatoms. The lowest BCUT2D eigenvalue weighted by Crippen LogP contribution is -2.09. The molecule has 0 bridgehead atoms. The molecular formula is C16H13FO2. The molecule has 3 rings (SSSR count). The van der Waals surface area contributed by atoms with E-state index in [1.54, 1.807) is 30.3 Å². The molecule has 1 N–H and O–H groups in total. The molecule has 0 fully saturated rings. The maximum atomic E-state index is 13.0. The third kappa shape index (κ3) is 2.08. The molecule has 0 saturated carbocycles. The van der Waals surface area contributed by atoms with Crippen molar-refractivity contribution in [2.24, 2.45) is 0 Å². The first-order valence-electron chi connectivity index (χ1n) is 6.07. The van der Waals surface area contributed by atoms with E-state index in [1.807, 2.05) is 6.92 Å². The molecule has 1 heterocycles. The fraction of sp³-hybridized carbons (Fsp3) is 0.125. The van der Waals surface area contributed by atoms with E-state index in [4.69, 9.17) is 4.74 Å². The van der Waals surface area contributed by atoms with Gasteiger partial charge in [-0.05, 0) is 48.4 Å². The summed E-state index contributed by atoms with van der Waals surface area (Å²) in [6, 6.07) is 11.4. The van der Waals surface area contributed by atoms with Crippen LogP contribution in [0, 0.1) is 5.82 Å². The number of allylic oxidation sites excluding steroid dienone is 1. The van der Waals surface area contributed by atoms with E-state index < -0.39 is 0 Å². The Kier molecular flexibility index (Phi) is 2.75. The number of phenolic OH excluding ortho intramolecular Hbond substituents is 1. The van der Waals surface area contributed by atoms with E-state index in [2.05, 4.69) is 0 Å². The van der Waals surface area contributed by atoms with Gasteiger partial charge in [0, 0.05) is 11.1 Å². The number of phenols is 1. The van der Waals surface area contributed by atoms with Crippen molar-refractivity contribution in [1.29, 1.82) is 0 Å². The van der Waals surface area contributed by atoms with Gasteiger partial charge in [-0.25, -0.2) is 4.39 Å². The lowest BCUT2D eigenvalue weighted by Gasteiger charge is -2.22. The van der Waals surface area contributed by atoms with Crippen LogP contribution in [0.25, 0.3) is 11.1 Å². The summed E-state index contributed by atoms with van der Waals surface area (Å²) in [7, 11) is 0. The maximum absolute atomic E-state index is 13.0. The van der Waals surface area contributed by atoms with Gasteiger partial charge in [-0.1, -0.05) is 12.1 Å². The lowest BCUT2D eigenvalue weighted by atomic mass is 9.93. The predicted octanol–water partition coefficient (Wildman–Crippen LogP) is 3.85. The molecule has 1 aliphatic heterocycles. The van der Waals surface area contributed by atoms with Crippen LogP contribution in [0.5, 0.6) is 11.5 Å². The molecular weight excluding hydrogens is 243 g/mol. The molecule has 2 aromatic carbocycles. The molecule has 0 saturated heterocycles. The average molecular weight is 256 g/mol. The molecule has 0 amide bonds. The number of rotatable bonds is 1. The fourth-order valence-corrected chi connectivity index (χ4v) is 2.31. The number of ether oxygens (including phenoxy) is 1. The maximum Gasteiger partial charge on any atom is 0.127 e. The van der Waals surface area contributed by atoms with Crippen LogP contribution < -0.4 is 4.74 Å². The topological polar surface area (TPSA) is 29.5 Å². The predicted molar refractivity (Wildman–Crippen MR) is 72.5 cm³/mol. The lowest BCUT2D eigenvalue weighted by molar-refractivity contribution is 0.363. The molecule has 0 spiro atoms. The Labute approximate surface area is 110 Å². The van der Waals surface area contributed by atoms with Crippen LogP contribution in [0.1, 0.15) is 18.1 Å². The highest BCUT2D eigenvalue weighted by atomic mass is 19.1. The molecule has 2 nitrogen and oxygen atoms in total. The smallest absolute Gasteiger partial charge is 0.127 e. The molecule has 0 radical (unpaired) electrons. The summed E-state index contributed by atoms with van der Waals surface area (Å²) in [4.78, 5) is 0. The summed E-state index contributed by atoms with van der Waals surface area (Å²) in [5, 5.41) is 9.57. The van der Waals surface area contributed by atoms with Crippen LogP contribution in [0.4, 0.5) is 4.39 Å². The average Bonchev–Trinajstić information content (AvgIpc) is 2.41. The third-order valence-corrected chi connectivity index (χ3v) is 3.38. The molecule has 19 heavy (non-hydrogen) atoms. The molecule has 0 aliphatic carbocycles. The summed E-state index contributed by atoms with van der Waals surface area (Å²) in [5.41, 5.74) is 3.88. The Morgan fingerprint density at radius 2 is 1.84 bits per heavy atom. The standard InChI is InChI=1S/C16H13FO2/c1-10-14-8-13(18)6-7-16(14)19-9-15(10)11-2-4-12(17)5-3-11/h2-8,18H,9H2,1H3. The van der Waals surface area contributed by atoms with E-state index in [0.717, 1.165) is 28.0 Å². The second-order valence-corrected chi connectivity index (χ2v) is 4.58. The molecule has 2 aromatic rings. The monoisotopic (exact) mass is 256 g/mol. The first-order chi connectivity index (χ1) is 9.15. The van der Waals surface area contributed by atoms with E-state index in [0.29, 0.717) is 6.61 Å². The summed E-state index contributed by atoms with van der Waals surface area (Å²) in [6.45, 7) is 2.44. The van der Waals surface area contributed by atoms with Gasteiger partial charge in [-0.3, -0.25) is 0 Å². The Bertz CT molecular complexity index is 657. The molecule has 96 valence electrons. The molecule has 0 atom stereocenters. The first kappa shape index (κ1) is 11.8. The van der Waals surface area contributed by atoms with Crippen molar-refractivity contribution < 1.29 is 14.2 Å². The van der Waals surface area contributed by atoms with Crippen LogP contribution in [0.15, 0.2) is 42.5 Å². The van der Waals surface area contributed by atoms with Gasteiger partial charge in [-0.15, -0.1) is 0 Å². The SMILES string of the molecule is CC1=C(c2ccc(F)cc2)COc2ccc(O)cc21. The van der Waals surface area contributed by atoms with Gasteiger partial charge in [0.25, 0.3) is 0 Å². The number of benzene rings is 2. The number of hydrogen-bond acceptors (Lipinski definition) is 2. The minimum Gasteiger partial charge on any atom is -0.508 e. The van der Waals surface area contributed by atoms with Gasteiger partial charge in [-0.2, -0.15) is 0 Å². The van der Waals surface area contributed by atoms with E-state index in [9.17, 15) is 9.50 Å². The Hall–Kier alpha value is -2.29. The second kappa shape index (κ2) is 4.43. The van der Waals surface area contributed by atoms with Crippen LogP contribution >= 0.6 is 0 Å². The first-order valence-corrected chi connectivity index (χ1v) is 6.07. The summed E-state index contributed by atoms with van der Waals surface area (Å²) in [5.74, 6) is 0.722. The van der Waals surface area contributed by atoms with Crippen molar-refractivity contribution in [3.05, 3.63) is 59.4 Å². The summed E-state index contributed by atoms with van der Waals surface area (Å²) >= 11 is 0. The van der Waals surface area contributed by atoms with Crippen LogP contribution in [0.3, 0.4) is 0 Å². The quantitative estimate of drug-likeness (QED) is 0.839. The highest BCUT2D eigenvalue weighted by Gasteiger charge is 2.18. The zero-order valence-corrected chi connectivity index (χ0v) is 10.5. The summed E-state index contributed by atoms with van der Waals surface area (Å²) < 4.78 is 18.6. The third-order valence-electron chi connectivity index (χ3n) is 3.38. The van der Waals surface area contributed by atoms with Crippen LogP contribution in [-0.4, -0.2) is 11.7 Å². The molecule has 0 aromatic heterocycles. The largest absolute Gasteiger partial charge is 0.508 e. The minimum absolute atomic E-state index is 0.210. The second-order valence-electron chi connectivity index (χ2n) is 4.58. The van der Waals surface area contributed by atoms with Crippen LogP contribution in [0.2, 0.25) is 0 Å². The van der Waals surface area contributed by atoms with Gasteiger partial charge in [0.2, 0.25) is 0 Å². The fourth-order valence-electron chi connectivity index (χ4n) is 2.31. The van der Waals surface area contributed by atoms with Gasteiger partial charge < -0.3 is 9.84 Å². The number of aromatic hydroxyl groups is 1. The zero-order chi connectivity index (χ0) is 13.4. The highest BCUT2D eigenvalue weighted by molar-refractivity contribution is 5.93. The van der Waals surface area contributed by atoms with Crippen molar-refractivity contribution in [3.8, 4) is 11.5 Å². The van der Waals surface area contributed by atoms with Gasteiger partial charge in [0.15, 0.2) is 0 Å². The number of halogens is 1. The molecule has 0 unspecified atom stereocenters. The minimum atomic E-state index is -0.253. The van der Waals surface area contributed by atoms with Crippen molar-refractivity contribution >= 4 is 11.1 Å². The molecule has 1 aliphatic rings. The Morgan fingerprint density at radius 1 is 1.11 bits per heavy atom. The normalized spacial score (nSPS) is 14.0. The Morgan fingerprint density at radius 3 is 2.58 bits per heavy atom. The van der Waals surface area contributed by atoms with E-state index >= 15 is 0 Å². The zero-order valence-electron chi connectivity index (χ0n) is 10.5. The number of hydrogen-bond donors (Lipinski definition) is 1. The highest BCUT2D eigenvalue weighted by Crippen LogP contribution is 2.38. The van der Waals surface area contributed by atoms with Crippen molar-refractivity contribution in [2.45, 2.75) is 6.92 Å².